The molecule has 0 unspecified atom stereocenters. The van der Waals surface area contributed by atoms with Crippen LogP contribution in [0.1, 0.15) is 6.92 Å². The van der Waals surface area contributed by atoms with E-state index in [2.05, 4.69) is 10.6 Å². The lowest BCUT2D eigenvalue weighted by Crippen LogP contribution is -2.51. The zero-order valence-corrected chi connectivity index (χ0v) is 5.10. The third-order valence-corrected chi connectivity index (χ3v) is 1.25. The Hall–Kier alpha value is -1.06. The predicted molar refractivity (Wildman–Crippen MR) is 30.7 cm³/mol. The molecule has 0 aliphatic carbocycles. The monoisotopic (exact) mass is 128 g/mol. The molecule has 4 heteroatoms. The summed E-state index contributed by atoms with van der Waals surface area (Å²) >= 11 is 0. The Kier molecular flexibility index (Phi) is 1.38. The van der Waals surface area contributed by atoms with Crippen molar-refractivity contribution in [2.24, 2.45) is 5.92 Å². The number of amides is 3. The number of hydrogen-bond donors (Lipinski definition) is 2. The van der Waals surface area contributed by atoms with Gasteiger partial charge in [0, 0.05) is 6.54 Å². The van der Waals surface area contributed by atoms with Crippen LogP contribution in [0.25, 0.3) is 0 Å². The molecule has 9 heavy (non-hydrogen) atoms. The first-order valence-corrected chi connectivity index (χ1v) is 2.79. The molecule has 0 radical (unpaired) electrons. The van der Waals surface area contributed by atoms with Crippen molar-refractivity contribution < 1.29 is 9.59 Å². The highest BCUT2D eigenvalue weighted by Gasteiger charge is 2.20. The van der Waals surface area contributed by atoms with Gasteiger partial charge in [0.15, 0.2) is 0 Å². The lowest BCUT2D eigenvalue weighted by molar-refractivity contribution is -0.123. The summed E-state index contributed by atoms with van der Waals surface area (Å²) in [6.07, 6.45) is 0. The van der Waals surface area contributed by atoms with Gasteiger partial charge >= 0.3 is 6.03 Å². The lowest BCUT2D eigenvalue weighted by atomic mass is 10.1. The molecule has 3 amide bonds. The van der Waals surface area contributed by atoms with Gasteiger partial charge in [0.1, 0.15) is 0 Å². The van der Waals surface area contributed by atoms with E-state index in [1.165, 1.54) is 0 Å². The second-order valence-electron chi connectivity index (χ2n) is 2.10. The molecule has 2 N–H and O–H groups in total. The molecule has 1 aliphatic heterocycles. The third kappa shape index (κ3) is 1.19. The van der Waals surface area contributed by atoms with Gasteiger partial charge in [-0.25, -0.2) is 4.79 Å². The van der Waals surface area contributed by atoms with Crippen LogP contribution in [0.15, 0.2) is 0 Å². The summed E-state index contributed by atoms with van der Waals surface area (Å²) in [6.45, 7) is 2.21. The van der Waals surface area contributed by atoms with E-state index in [0.717, 1.165) is 0 Å². The minimum Gasteiger partial charge on any atom is -0.337 e. The van der Waals surface area contributed by atoms with E-state index < -0.39 is 6.03 Å². The summed E-state index contributed by atoms with van der Waals surface area (Å²) in [4.78, 5) is 21.0. The Balaban J connectivity index is 2.54. The van der Waals surface area contributed by atoms with Crippen molar-refractivity contribution in [3.05, 3.63) is 0 Å². The van der Waals surface area contributed by atoms with Gasteiger partial charge in [-0.15, -0.1) is 0 Å². The average Bonchev–Trinajstić information content (AvgIpc) is 1.80. The molecule has 0 bridgehead atoms. The molecule has 1 saturated heterocycles. The first-order valence-electron chi connectivity index (χ1n) is 2.79. The van der Waals surface area contributed by atoms with Crippen molar-refractivity contribution in [1.29, 1.82) is 0 Å². The van der Waals surface area contributed by atoms with Crippen LogP contribution in [0.4, 0.5) is 4.79 Å². The Labute approximate surface area is 52.6 Å². The van der Waals surface area contributed by atoms with Crippen molar-refractivity contribution in [1.82, 2.24) is 10.6 Å². The highest BCUT2D eigenvalue weighted by molar-refractivity contribution is 5.97. The van der Waals surface area contributed by atoms with Crippen molar-refractivity contribution in [2.45, 2.75) is 6.92 Å². The molecule has 1 aliphatic rings. The number of carbonyl (C=O) groups excluding carboxylic acids is 2. The molecule has 50 valence electrons. The third-order valence-electron chi connectivity index (χ3n) is 1.25. The molecule has 0 saturated carbocycles. The SMILES string of the molecule is C[C@@H]1CNC(=O)NC1=O. The van der Waals surface area contributed by atoms with Crippen LogP contribution in [0.5, 0.6) is 0 Å². The van der Waals surface area contributed by atoms with Gasteiger partial charge in [-0.1, -0.05) is 6.92 Å². The summed E-state index contributed by atoms with van der Waals surface area (Å²) < 4.78 is 0. The number of urea groups is 1. The second kappa shape index (κ2) is 2.05. The van der Waals surface area contributed by atoms with Crippen molar-refractivity contribution in [3.8, 4) is 0 Å². The van der Waals surface area contributed by atoms with E-state index in [4.69, 9.17) is 0 Å². The molecular formula is C5H8N2O2. The zero-order chi connectivity index (χ0) is 6.85. The van der Waals surface area contributed by atoms with Crippen molar-refractivity contribution in [3.63, 3.8) is 0 Å². The first kappa shape index (κ1) is 6.07. The predicted octanol–water partition coefficient (Wildman–Crippen LogP) is -0.538. The van der Waals surface area contributed by atoms with Gasteiger partial charge in [-0.2, -0.15) is 0 Å². The normalized spacial score (nSPS) is 27.0. The summed E-state index contributed by atoms with van der Waals surface area (Å²) in [5, 5.41) is 4.63. The van der Waals surface area contributed by atoms with E-state index in [-0.39, 0.29) is 11.8 Å². The number of imide groups is 1. The standard InChI is InChI=1S/C5H8N2O2/c1-3-2-6-5(9)7-4(3)8/h3H,2H2,1H3,(H2,6,7,8,9)/t3-/m1/s1. The van der Waals surface area contributed by atoms with Gasteiger partial charge in [0.25, 0.3) is 0 Å². The molecule has 1 atom stereocenters. The van der Waals surface area contributed by atoms with Gasteiger partial charge < -0.3 is 5.32 Å². The molecule has 0 aromatic heterocycles. The Morgan fingerprint density at radius 2 is 2.22 bits per heavy atom. The minimum absolute atomic E-state index is 0.0947. The number of carbonyl (C=O) groups is 2. The van der Waals surface area contributed by atoms with Crippen LogP contribution in [0.2, 0.25) is 0 Å². The van der Waals surface area contributed by atoms with Gasteiger partial charge in [-0.05, 0) is 0 Å². The molecule has 1 heterocycles. The van der Waals surface area contributed by atoms with Crippen molar-refractivity contribution >= 4 is 11.9 Å². The van der Waals surface area contributed by atoms with E-state index in [1.807, 2.05) is 0 Å². The molecular weight excluding hydrogens is 120 g/mol. The molecule has 4 nitrogen and oxygen atoms in total. The maximum Gasteiger partial charge on any atom is 0.321 e. The number of rotatable bonds is 0. The van der Waals surface area contributed by atoms with Crippen LogP contribution in [0.3, 0.4) is 0 Å². The van der Waals surface area contributed by atoms with E-state index >= 15 is 0 Å². The van der Waals surface area contributed by atoms with Crippen LogP contribution >= 0.6 is 0 Å². The molecule has 1 fully saturated rings. The van der Waals surface area contributed by atoms with Crippen LogP contribution < -0.4 is 10.6 Å². The zero-order valence-electron chi connectivity index (χ0n) is 5.10. The lowest BCUT2D eigenvalue weighted by Gasteiger charge is -2.17. The van der Waals surface area contributed by atoms with Crippen LogP contribution in [0, 0.1) is 5.92 Å². The van der Waals surface area contributed by atoms with E-state index in [9.17, 15) is 9.59 Å². The number of nitrogens with one attached hydrogen (secondary N) is 2. The summed E-state index contributed by atoms with van der Waals surface area (Å²) in [6, 6.07) is -0.391. The van der Waals surface area contributed by atoms with Crippen LogP contribution in [-0.4, -0.2) is 18.5 Å². The summed E-state index contributed by atoms with van der Waals surface area (Å²) in [5.74, 6) is -0.290. The second-order valence-corrected chi connectivity index (χ2v) is 2.10. The average molecular weight is 128 g/mol. The molecule has 0 aromatic carbocycles. The topological polar surface area (TPSA) is 58.2 Å². The highest BCUT2D eigenvalue weighted by atomic mass is 16.2. The summed E-state index contributed by atoms with van der Waals surface area (Å²) in [7, 11) is 0. The highest BCUT2D eigenvalue weighted by Crippen LogP contribution is 1.95. The Morgan fingerprint density at radius 1 is 1.56 bits per heavy atom. The van der Waals surface area contributed by atoms with E-state index in [1.54, 1.807) is 6.92 Å². The van der Waals surface area contributed by atoms with Gasteiger partial charge in [0.2, 0.25) is 5.91 Å². The Bertz CT molecular complexity index is 155. The molecule has 0 spiro atoms. The quantitative estimate of drug-likeness (QED) is 0.460. The fraction of sp³-hybridized carbons (Fsp3) is 0.600. The smallest absolute Gasteiger partial charge is 0.321 e. The molecule has 1 rings (SSSR count). The van der Waals surface area contributed by atoms with Crippen molar-refractivity contribution in [2.75, 3.05) is 6.54 Å². The van der Waals surface area contributed by atoms with Gasteiger partial charge in [0.05, 0.1) is 5.92 Å². The molecule has 0 aromatic rings. The van der Waals surface area contributed by atoms with Gasteiger partial charge in [-0.3, -0.25) is 10.1 Å². The summed E-state index contributed by atoms with van der Waals surface area (Å²) in [5.41, 5.74) is 0. The maximum atomic E-state index is 10.6. The number of hydrogen-bond acceptors (Lipinski definition) is 2. The minimum atomic E-state index is -0.391. The van der Waals surface area contributed by atoms with Crippen LogP contribution in [-0.2, 0) is 4.79 Å². The first-order chi connectivity index (χ1) is 4.20. The largest absolute Gasteiger partial charge is 0.337 e. The maximum absolute atomic E-state index is 10.6. The van der Waals surface area contributed by atoms with E-state index in [0.29, 0.717) is 6.54 Å². The fourth-order valence-corrected chi connectivity index (χ4v) is 0.618. The Morgan fingerprint density at radius 3 is 2.67 bits per heavy atom. The fourth-order valence-electron chi connectivity index (χ4n) is 0.618.